The molecule has 0 fully saturated rings. The zero-order valence-electron chi connectivity index (χ0n) is 14.5. The van der Waals surface area contributed by atoms with Crippen LogP contribution in [0, 0.1) is 5.92 Å². The predicted octanol–water partition coefficient (Wildman–Crippen LogP) is 7.94. The molecule has 21 heavy (non-hydrogen) atoms. The van der Waals surface area contributed by atoms with E-state index < -0.39 is 0 Å². The van der Waals surface area contributed by atoms with Gasteiger partial charge in [0.2, 0.25) is 0 Å². The average molecular weight is 353 g/mol. The maximum Gasteiger partial charge on any atom is 0.0234 e. The molecule has 0 nitrogen and oxygen atoms in total. The summed E-state index contributed by atoms with van der Waals surface area (Å²) < 4.78 is 0. The highest BCUT2D eigenvalue weighted by Gasteiger charge is 2.21. The van der Waals surface area contributed by atoms with Crippen molar-refractivity contribution in [3.05, 3.63) is 0 Å². The van der Waals surface area contributed by atoms with Crippen molar-refractivity contribution in [1.82, 2.24) is 0 Å². The molecule has 0 rings (SSSR count). The fourth-order valence-electron chi connectivity index (χ4n) is 2.81. The van der Waals surface area contributed by atoms with Crippen LogP contribution in [0.15, 0.2) is 0 Å². The minimum atomic E-state index is 0.774. The van der Waals surface area contributed by atoms with Gasteiger partial charge in [0.25, 0.3) is 0 Å². The van der Waals surface area contributed by atoms with E-state index in [1.165, 1.54) is 76.4 Å². The topological polar surface area (TPSA) is 0 Å². The van der Waals surface area contributed by atoms with Crippen LogP contribution in [0.2, 0.25) is 0 Å². The van der Waals surface area contributed by atoms with Crippen LogP contribution in [0.25, 0.3) is 0 Å². The smallest absolute Gasteiger partial charge is 0.0234 e. The molecule has 0 N–H and O–H groups in total. The van der Waals surface area contributed by atoms with Gasteiger partial charge in [-0.25, -0.2) is 0 Å². The van der Waals surface area contributed by atoms with Crippen LogP contribution in [0.3, 0.4) is 0 Å². The summed E-state index contributed by atoms with van der Waals surface area (Å²) in [5.74, 6) is 2.92. The molecule has 0 aliphatic heterocycles. The maximum absolute atomic E-state index is 6.06. The minimum absolute atomic E-state index is 0.774. The molecule has 0 aromatic carbocycles. The van der Waals surface area contributed by atoms with Crippen LogP contribution in [0.5, 0.6) is 0 Å². The van der Waals surface area contributed by atoms with E-state index in [9.17, 15) is 0 Å². The van der Waals surface area contributed by atoms with E-state index in [0.717, 1.165) is 17.0 Å². The summed E-state index contributed by atoms with van der Waals surface area (Å²) in [7, 11) is 4.14. The normalized spacial score (nSPS) is 13.0. The fraction of sp³-hybridized carbons (Fsp3) is 1.00. The van der Waals surface area contributed by atoms with Crippen molar-refractivity contribution in [2.45, 2.75) is 96.7 Å². The molecule has 128 valence electrons. The van der Waals surface area contributed by atoms with Crippen LogP contribution in [0.4, 0.5) is 0 Å². The van der Waals surface area contributed by atoms with Crippen LogP contribution in [-0.2, 0) is 0 Å². The number of alkyl halides is 1. The van der Waals surface area contributed by atoms with E-state index in [0.29, 0.717) is 0 Å². The third-order valence-corrected chi connectivity index (χ3v) is 7.40. The lowest BCUT2D eigenvalue weighted by Crippen LogP contribution is -2.18. The molecule has 0 heterocycles. The molecule has 0 bridgehead atoms. The molecular formula is C18H37ClS2. The number of hydrogen-bond donors (Lipinski definition) is 0. The standard InChI is InChI=1S/C18H37ClS2/c1-4-7-9-11-13-17(14-12-10-8-5-2)18(15-16-19)21-20-6-3/h17-18H,4-16H2,1-3H3. The lowest BCUT2D eigenvalue weighted by atomic mass is 9.90. The van der Waals surface area contributed by atoms with Gasteiger partial charge in [-0.3, -0.25) is 0 Å². The van der Waals surface area contributed by atoms with Gasteiger partial charge in [0.1, 0.15) is 0 Å². The van der Waals surface area contributed by atoms with Crippen LogP contribution in [0.1, 0.15) is 91.4 Å². The first-order valence-electron chi connectivity index (χ1n) is 9.14. The highest BCUT2D eigenvalue weighted by Crippen LogP contribution is 2.38. The molecule has 0 saturated heterocycles. The van der Waals surface area contributed by atoms with Gasteiger partial charge < -0.3 is 0 Å². The molecule has 3 heteroatoms. The second kappa shape index (κ2) is 17.3. The summed E-state index contributed by atoms with van der Waals surface area (Å²) in [5.41, 5.74) is 0. The predicted molar refractivity (Wildman–Crippen MR) is 106 cm³/mol. The Bertz CT molecular complexity index is 188. The van der Waals surface area contributed by atoms with Gasteiger partial charge in [0.15, 0.2) is 0 Å². The Kier molecular flexibility index (Phi) is 18.2. The largest absolute Gasteiger partial charge is 0.127 e. The lowest BCUT2D eigenvalue weighted by molar-refractivity contribution is 0.390. The van der Waals surface area contributed by atoms with E-state index >= 15 is 0 Å². The van der Waals surface area contributed by atoms with Crippen molar-refractivity contribution in [3.63, 3.8) is 0 Å². The van der Waals surface area contributed by atoms with Crippen LogP contribution >= 0.6 is 33.2 Å². The fourth-order valence-corrected chi connectivity index (χ4v) is 5.82. The summed E-state index contributed by atoms with van der Waals surface area (Å²) in [4.78, 5) is 0. The van der Waals surface area contributed by atoms with Crippen molar-refractivity contribution in [2.24, 2.45) is 5.92 Å². The van der Waals surface area contributed by atoms with Crippen molar-refractivity contribution in [2.75, 3.05) is 11.6 Å². The molecule has 0 radical (unpaired) electrons. The second-order valence-corrected chi connectivity index (χ2v) is 9.25. The average Bonchev–Trinajstić information content (AvgIpc) is 2.50. The van der Waals surface area contributed by atoms with Gasteiger partial charge >= 0.3 is 0 Å². The van der Waals surface area contributed by atoms with E-state index in [-0.39, 0.29) is 0 Å². The zero-order chi connectivity index (χ0) is 15.8. The second-order valence-electron chi connectivity index (χ2n) is 5.98. The lowest BCUT2D eigenvalue weighted by Gasteiger charge is -2.26. The Morgan fingerprint density at radius 2 is 1.33 bits per heavy atom. The summed E-state index contributed by atoms with van der Waals surface area (Å²) in [5, 5.41) is 0.774. The monoisotopic (exact) mass is 352 g/mol. The highest BCUT2D eigenvalue weighted by atomic mass is 35.5. The SMILES string of the molecule is CCCCCCC(CCCCCC)C(CCCl)SSCC. The first-order valence-corrected chi connectivity index (χ1v) is 12.1. The molecule has 0 saturated carbocycles. The number of halogens is 1. The van der Waals surface area contributed by atoms with Gasteiger partial charge in [-0.15, -0.1) is 11.6 Å². The first kappa shape index (κ1) is 22.0. The van der Waals surface area contributed by atoms with Gasteiger partial charge in [0.05, 0.1) is 0 Å². The third kappa shape index (κ3) is 13.2. The van der Waals surface area contributed by atoms with E-state index in [1.54, 1.807) is 0 Å². The summed E-state index contributed by atoms with van der Waals surface area (Å²) in [6.07, 6.45) is 15.2. The van der Waals surface area contributed by atoms with Crippen LogP contribution in [-0.4, -0.2) is 16.9 Å². The van der Waals surface area contributed by atoms with E-state index in [1.807, 2.05) is 10.8 Å². The van der Waals surface area contributed by atoms with Crippen molar-refractivity contribution >= 4 is 33.2 Å². The van der Waals surface area contributed by atoms with Gasteiger partial charge in [-0.2, -0.15) is 0 Å². The minimum Gasteiger partial charge on any atom is -0.127 e. The third-order valence-electron chi connectivity index (χ3n) is 4.09. The Labute approximate surface area is 147 Å². The Balaban J connectivity index is 4.25. The van der Waals surface area contributed by atoms with Crippen molar-refractivity contribution in [3.8, 4) is 0 Å². The molecule has 0 amide bonds. The Morgan fingerprint density at radius 1 is 0.762 bits per heavy atom. The molecule has 1 atom stereocenters. The molecule has 0 spiro atoms. The molecule has 0 aromatic heterocycles. The number of hydrogen-bond acceptors (Lipinski definition) is 2. The van der Waals surface area contributed by atoms with Gasteiger partial charge in [-0.1, -0.05) is 93.7 Å². The molecule has 0 aliphatic carbocycles. The van der Waals surface area contributed by atoms with E-state index in [4.69, 9.17) is 11.6 Å². The number of rotatable bonds is 16. The quantitative estimate of drug-likeness (QED) is 0.157. The summed E-state index contributed by atoms with van der Waals surface area (Å²) >= 11 is 6.06. The molecule has 1 unspecified atom stereocenters. The van der Waals surface area contributed by atoms with Crippen LogP contribution < -0.4 is 0 Å². The molecule has 0 aliphatic rings. The molecular weight excluding hydrogens is 316 g/mol. The zero-order valence-corrected chi connectivity index (χ0v) is 16.9. The van der Waals surface area contributed by atoms with Gasteiger partial charge in [-0.05, 0) is 25.2 Å². The maximum atomic E-state index is 6.06. The summed E-state index contributed by atoms with van der Waals surface area (Å²) in [6, 6.07) is 0. The molecule has 0 aromatic rings. The van der Waals surface area contributed by atoms with E-state index in [2.05, 4.69) is 31.6 Å². The Morgan fingerprint density at radius 3 is 1.76 bits per heavy atom. The first-order chi connectivity index (χ1) is 10.3. The van der Waals surface area contributed by atoms with Crippen molar-refractivity contribution < 1.29 is 0 Å². The highest BCUT2D eigenvalue weighted by molar-refractivity contribution is 8.76. The Hall–Kier alpha value is 0.990. The number of unbranched alkanes of at least 4 members (excludes halogenated alkanes) is 6. The van der Waals surface area contributed by atoms with Gasteiger partial charge in [0, 0.05) is 16.9 Å². The van der Waals surface area contributed by atoms with Crippen molar-refractivity contribution in [1.29, 1.82) is 0 Å². The summed E-state index contributed by atoms with van der Waals surface area (Å²) in [6.45, 7) is 6.85.